The largest absolute Gasteiger partial charge is 0.482 e. The Balaban J connectivity index is 1.96. The van der Waals surface area contributed by atoms with Crippen molar-refractivity contribution >= 4 is 40.7 Å². The number of carbonyl (C=O) groups excluding carboxylic acids is 1. The second kappa shape index (κ2) is 5.98. The number of hydrogen-bond donors (Lipinski definition) is 1. The van der Waals surface area contributed by atoms with Crippen LogP contribution in [0.5, 0.6) is 5.75 Å². The number of ether oxygens (including phenoxy) is 1. The molecule has 1 atom stereocenters. The number of halogens is 3. The molecule has 1 N–H and O–H groups in total. The van der Waals surface area contributed by atoms with Crippen LogP contribution in [0.15, 0.2) is 12.1 Å². The van der Waals surface area contributed by atoms with Crippen molar-refractivity contribution in [3.05, 3.63) is 27.2 Å². The van der Waals surface area contributed by atoms with E-state index in [4.69, 9.17) is 39.5 Å². The van der Waals surface area contributed by atoms with Gasteiger partial charge in [-0.1, -0.05) is 34.8 Å². The maximum absolute atomic E-state index is 12.0. The molecule has 1 fully saturated rings. The molecule has 1 amide bonds. The molecule has 7 heteroatoms. The van der Waals surface area contributed by atoms with E-state index in [9.17, 15) is 9.90 Å². The lowest BCUT2D eigenvalue weighted by Gasteiger charge is -2.19. The minimum atomic E-state index is -0.823. The number of rotatable bonds is 3. The van der Waals surface area contributed by atoms with Gasteiger partial charge in [0, 0.05) is 19.2 Å². The van der Waals surface area contributed by atoms with Gasteiger partial charge in [0.05, 0.1) is 20.7 Å². The van der Waals surface area contributed by atoms with Crippen molar-refractivity contribution in [1.29, 1.82) is 0 Å². The third-order valence-electron chi connectivity index (χ3n) is 3.13. The molecule has 0 spiro atoms. The van der Waals surface area contributed by atoms with E-state index in [1.165, 1.54) is 12.1 Å². The highest BCUT2D eigenvalue weighted by molar-refractivity contribution is 6.43. The van der Waals surface area contributed by atoms with Gasteiger partial charge in [-0.3, -0.25) is 4.79 Å². The molecule has 1 aromatic carbocycles. The van der Waals surface area contributed by atoms with E-state index >= 15 is 0 Å². The van der Waals surface area contributed by atoms with Gasteiger partial charge in [0.15, 0.2) is 6.61 Å². The summed E-state index contributed by atoms with van der Waals surface area (Å²) in [6.07, 6.45) is 0.562. The molecule has 1 aromatic rings. The van der Waals surface area contributed by atoms with Gasteiger partial charge in [-0.15, -0.1) is 0 Å². The molecular formula is C13H14Cl3NO3. The SMILES string of the molecule is CC1(O)CCN(C(=O)COc2cc(Cl)c(Cl)cc2Cl)C1. The van der Waals surface area contributed by atoms with Crippen molar-refractivity contribution in [2.24, 2.45) is 0 Å². The van der Waals surface area contributed by atoms with Gasteiger partial charge in [-0.2, -0.15) is 0 Å². The van der Waals surface area contributed by atoms with Crippen LogP contribution in [0.25, 0.3) is 0 Å². The predicted octanol–water partition coefficient (Wildman–Crippen LogP) is 3.01. The number of carbonyl (C=O) groups is 1. The van der Waals surface area contributed by atoms with Gasteiger partial charge in [0.25, 0.3) is 5.91 Å². The van der Waals surface area contributed by atoms with Gasteiger partial charge < -0.3 is 14.7 Å². The summed E-state index contributed by atoms with van der Waals surface area (Å²) in [7, 11) is 0. The molecule has 1 unspecified atom stereocenters. The van der Waals surface area contributed by atoms with Crippen molar-refractivity contribution < 1.29 is 14.6 Å². The lowest BCUT2D eigenvalue weighted by atomic mass is 10.1. The minimum absolute atomic E-state index is 0.159. The highest BCUT2D eigenvalue weighted by Gasteiger charge is 2.33. The Morgan fingerprint density at radius 2 is 2.00 bits per heavy atom. The smallest absolute Gasteiger partial charge is 0.260 e. The standard InChI is InChI=1S/C13H14Cl3NO3/c1-13(19)2-3-17(7-13)12(18)6-20-11-5-9(15)8(14)4-10(11)16/h4-5,19H,2-3,6-7H2,1H3. The van der Waals surface area contributed by atoms with Crippen LogP contribution in [-0.4, -0.2) is 41.2 Å². The molecule has 1 aliphatic heterocycles. The highest BCUT2D eigenvalue weighted by atomic mass is 35.5. The number of hydrogen-bond acceptors (Lipinski definition) is 3. The monoisotopic (exact) mass is 337 g/mol. The van der Waals surface area contributed by atoms with Crippen LogP contribution in [0.1, 0.15) is 13.3 Å². The number of β-amino-alcohol motifs (C(OH)–C–C–N with tert-alkyl or cyclic N) is 1. The van der Waals surface area contributed by atoms with Crippen molar-refractivity contribution in [1.82, 2.24) is 4.90 Å². The van der Waals surface area contributed by atoms with Crippen LogP contribution in [0.4, 0.5) is 0 Å². The fourth-order valence-electron chi connectivity index (χ4n) is 2.00. The quantitative estimate of drug-likeness (QED) is 0.862. The minimum Gasteiger partial charge on any atom is -0.482 e. The van der Waals surface area contributed by atoms with Gasteiger partial charge in [0.1, 0.15) is 5.75 Å². The molecule has 20 heavy (non-hydrogen) atoms. The summed E-state index contributed by atoms with van der Waals surface area (Å²) >= 11 is 17.6. The maximum atomic E-state index is 12.0. The average molecular weight is 339 g/mol. The summed E-state index contributed by atoms with van der Waals surface area (Å²) in [6.45, 7) is 2.37. The molecule has 2 rings (SSSR count). The second-order valence-corrected chi connectivity index (χ2v) is 6.27. The first-order valence-electron chi connectivity index (χ1n) is 6.06. The van der Waals surface area contributed by atoms with Gasteiger partial charge in [-0.05, 0) is 19.4 Å². The molecule has 110 valence electrons. The zero-order chi connectivity index (χ0) is 14.9. The third kappa shape index (κ3) is 3.70. The van der Waals surface area contributed by atoms with Crippen molar-refractivity contribution in [3.8, 4) is 5.75 Å². The van der Waals surface area contributed by atoms with Crippen LogP contribution < -0.4 is 4.74 Å². The molecular weight excluding hydrogens is 325 g/mol. The van der Waals surface area contributed by atoms with Gasteiger partial charge in [0.2, 0.25) is 0 Å². The summed E-state index contributed by atoms with van der Waals surface area (Å²) in [4.78, 5) is 13.5. The summed E-state index contributed by atoms with van der Waals surface area (Å²) in [5, 5.41) is 10.7. The Kier molecular flexibility index (Phi) is 4.69. The first-order chi connectivity index (χ1) is 9.28. The van der Waals surface area contributed by atoms with E-state index in [0.717, 1.165) is 0 Å². The summed E-state index contributed by atoms with van der Waals surface area (Å²) in [5.41, 5.74) is -0.823. The molecule has 0 aliphatic carbocycles. The Labute approximate surface area is 132 Å². The highest BCUT2D eigenvalue weighted by Crippen LogP contribution is 2.33. The number of aliphatic hydroxyl groups is 1. The summed E-state index contributed by atoms with van der Waals surface area (Å²) < 4.78 is 5.37. The maximum Gasteiger partial charge on any atom is 0.260 e. The van der Waals surface area contributed by atoms with E-state index in [0.29, 0.717) is 40.3 Å². The second-order valence-electron chi connectivity index (χ2n) is 5.05. The number of nitrogens with zero attached hydrogens (tertiary/aromatic N) is 1. The van der Waals surface area contributed by atoms with Crippen LogP contribution in [-0.2, 0) is 4.79 Å². The lowest BCUT2D eigenvalue weighted by molar-refractivity contribution is -0.133. The molecule has 1 heterocycles. The molecule has 0 saturated carbocycles. The molecule has 1 aliphatic rings. The average Bonchev–Trinajstić information content (AvgIpc) is 2.72. The first kappa shape index (κ1) is 15.7. The number of benzene rings is 1. The van der Waals surface area contributed by atoms with Crippen LogP contribution in [0.2, 0.25) is 15.1 Å². The van der Waals surface area contributed by atoms with Gasteiger partial charge >= 0.3 is 0 Å². The number of amides is 1. The Morgan fingerprint density at radius 3 is 2.60 bits per heavy atom. The van der Waals surface area contributed by atoms with E-state index in [2.05, 4.69) is 0 Å². The Bertz CT molecular complexity index is 534. The van der Waals surface area contributed by atoms with Gasteiger partial charge in [-0.25, -0.2) is 0 Å². The Morgan fingerprint density at radius 1 is 1.35 bits per heavy atom. The van der Waals surface area contributed by atoms with E-state index < -0.39 is 5.60 Å². The van der Waals surface area contributed by atoms with E-state index in [-0.39, 0.29) is 12.5 Å². The number of likely N-dealkylation sites (tertiary alicyclic amines) is 1. The molecule has 1 saturated heterocycles. The zero-order valence-electron chi connectivity index (χ0n) is 10.8. The van der Waals surface area contributed by atoms with Crippen LogP contribution in [0.3, 0.4) is 0 Å². The normalized spacial score (nSPS) is 22.1. The van der Waals surface area contributed by atoms with Crippen molar-refractivity contribution in [3.63, 3.8) is 0 Å². The van der Waals surface area contributed by atoms with Crippen molar-refractivity contribution in [2.75, 3.05) is 19.7 Å². The molecule has 4 nitrogen and oxygen atoms in total. The molecule has 0 aromatic heterocycles. The fourth-order valence-corrected chi connectivity index (χ4v) is 2.60. The van der Waals surface area contributed by atoms with Crippen molar-refractivity contribution in [2.45, 2.75) is 18.9 Å². The summed E-state index contributed by atoms with van der Waals surface area (Å²) in [6, 6.07) is 2.94. The van der Waals surface area contributed by atoms with E-state index in [1.807, 2.05) is 0 Å². The third-order valence-corrected chi connectivity index (χ3v) is 4.15. The van der Waals surface area contributed by atoms with Crippen LogP contribution >= 0.6 is 34.8 Å². The lowest BCUT2D eigenvalue weighted by Crippen LogP contribution is -2.36. The van der Waals surface area contributed by atoms with E-state index in [1.54, 1.807) is 11.8 Å². The van der Waals surface area contributed by atoms with Crippen LogP contribution in [0, 0.1) is 0 Å². The topological polar surface area (TPSA) is 49.8 Å². The first-order valence-corrected chi connectivity index (χ1v) is 7.19. The predicted molar refractivity (Wildman–Crippen MR) is 78.8 cm³/mol. The fraction of sp³-hybridized carbons (Fsp3) is 0.462. The summed E-state index contributed by atoms with van der Waals surface area (Å²) in [5.74, 6) is 0.102. The molecule has 0 radical (unpaired) electrons. The zero-order valence-corrected chi connectivity index (χ0v) is 13.1. The molecule has 0 bridgehead atoms. The Hall–Kier alpha value is -0.680.